The van der Waals surface area contributed by atoms with Crippen LogP contribution in [0.5, 0.6) is 5.75 Å². The summed E-state index contributed by atoms with van der Waals surface area (Å²) in [7, 11) is 0. The van der Waals surface area contributed by atoms with E-state index < -0.39 is 4.92 Å². The van der Waals surface area contributed by atoms with E-state index in [1.807, 2.05) is 25.1 Å². The first-order valence-electron chi connectivity index (χ1n) is 7.27. The smallest absolute Gasteiger partial charge is 0.307 e. The first-order valence-corrected chi connectivity index (χ1v) is 7.27. The van der Waals surface area contributed by atoms with Crippen molar-refractivity contribution in [3.8, 4) is 5.75 Å². The van der Waals surface area contributed by atoms with Crippen LogP contribution in [0.3, 0.4) is 0 Å². The molecule has 2 heterocycles. The Bertz CT molecular complexity index is 929. The largest absolute Gasteiger partial charge is 0.471 e. The molecule has 10 nitrogen and oxygen atoms in total. The van der Waals surface area contributed by atoms with E-state index >= 15 is 0 Å². The first-order chi connectivity index (χ1) is 12.0. The second-order valence-corrected chi connectivity index (χ2v) is 5.14. The Balaban J connectivity index is 1.74. The third kappa shape index (κ3) is 3.80. The van der Waals surface area contributed by atoms with Gasteiger partial charge >= 0.3 is 5.69 Å². The highest BCUT2D eigenvalue weighted by molar-refractivity contribution is 5.83. The lowest BCUT2D eigenvalue weighted by Gasteiger charge is -2.08. The zero-order valence-electron chi connectivity index (χ0n) is 13.3. The molecule has 0 saturated heterocycles. The van der Waals surface area contributed by atoms with E-state index in [2.05, 4.69) is 15.2 Å². The number of aromatic nitrogens is 4. The van der Waals surface area contributed by atoms with Gasteiger partial charge in [0.1, 0.15) is 18.1 Å². The van der Waals surface area contributed by atoms with Crippen LogP contribution in [0.4, 0.5) is 11.6 Å². The summed E-state index contributed by atoms with van der Waals surface area (Å²) < 4.78 is 8.47. The van der Waals surface area contributed by atoms with Crippen molar-refractivity contribution in [3.05, 3.63) is 64.2 Å². The molecule has 1 aromatic carbocycles. The number of nitrogens with two attached hydrogens (primary N) is 1. The molecule has 0 atom stereocenters. The lowest BCUT2D eigenvalue weighted by molar-refractivity contribution is -0.385. The van der Waals surface area contributed by atoms with E-state index in [4.69, 9.17) is 10.5 Å². The molecule has 0 aliphatic heterocycles. The first kappa shape index (κ1) is 16.2. The third-order valence-electron chi connectivity index (χ3n) is 3.26. The molecule has 0 fully saturated rings. The molecule has 25 heavy (non-hydrogen) atoms. The van der Waals surface area contributed by atoms with E-state index in [0.29, 0.717) is 5.75 Å². The van der Waals surface area contributed by atoms with Crippen LogP contribution in [0.1, 0.15) is 11.3 Å². The second kappa shape index (κ2) is 6.83. The molecule has 0 bridgehead atoms. The number of ether oxygens (including phenoxy) is 1. The number of para-hydroxylation sites is 1. The van der Waals surface area contributed by atoms with Gasteiger partial charge in [0, 0.05) is 5.56 Å². The minimum atomic E-state index is -0.512. The maximum absolute atomic E-state index is 10.7. The number of hydrogen-bond acceptors (Lipinski definition) is 7. The number of anilines is 1. The van der Waals surface area contributed by atoms with Crippen molar-refractivity contribution in [3.63, 3.8) is 0 Å². The highest BCUT2D eigenvalue weighted by Gasteiger charge is 2.09. The number of aryl methyl sites for hydroxylation is 1. The van der Waals surface area contributed by atoms with Crippen LogP contribution >= 0.6 is 0 Å². The summed E-state index contributed by atoms with van der Waals surface area (Å²) in [5, 5.41) is 18.8. The zero-order chi connectivity index (χ0) is 17.8. The van der Waals surface area contributed by atoms with Crippen molar-refractivity contribution in [2.45, 2.75) is 13.7 Å². The van der Waals surface area contributed by atoms with Gasteiger partial charge in [-0.05, 0) is 19.1 Å². The Morgan fingerprint density at radius 3 is 2.88 bits per heavy atom. The second-order valence-electron chi connectivity index (χ2n) is 5.14. The predicted molar refractivity (Wildman–Crippen MR) is 90.3 cm³/mol. The van der Waals surface area contributed by atoms with Gasteiger partial charge in [-0.25, -0.2) is 14.3 Å². The van der Waals surface area contributed by atoms with E-state index in [1.165, 1.54) is 21.8 Å². The monoisotopic (exact) mass is 341 g/mol. The Kier molecular flexibility index (Phi) is 4.42. The zero-order valence-corrected chi connectivity index (χ0v) is 13.3. The molecule has 0 saturated carbocycles. The number of hydrogen-bond donors (Lipinski definition) is 1. The molecule has 0 radical (unpaired) electrons. The van der Waals surface area contributed by atoms with Gasteiger partial charge in [0.2, 0.25) is 5.95 Å². The van der Waals surface area contributed by atoms with Crippen LogP contribution in [0, 0.1) is 17.0 Å². The summed E-state index contributed by atoms with van der Waals surface area (Å²) in [4.78, 5) is 14.2. The standard InChI is InChI=1S/C15H15N7O3/c1-11-8-21(15(16)19-11)18-6-12-4-2-3-5-14(12)25-10-20-9-13(7-17-20)22(23)24/h2-9H,10H2,1H3,(H2,16,19). The molecule has 10 heteroatoms. The van der Waals surface area contributed by atoms with Crippen LogP contribution in [0.2, 0.25) is 0 Å². The van der Waals surface area contributed by atoms with E-state index in [-0.39, 0.29) is 18.4 Å². The lowest BCUT2D eigenvalue weighted by atomic mass is 10.2. The van der Waals surface area contributed by atoms with Crippen molar-refractivity contribution in [1.82, 2.24) is 19.4 Å². The number of nitrogens with zero attached hydrogens (tertiary/aromatic N) is 6. The van der Waals surface area contributed by atoms with Crippen LogP contribution in [0.15, 0.2) is 48.0 Å². The fraction of sp³-hybridized carbons (Fsp3) is 0.133. The third-order valence-corrected chi connectivity index (χ3v) is 3.26. The number of nitrogen functional groups attached to an aromatic ring is 1. The Labute approximate surface area is 142 Å². The maximum Gasteiger partial charge on any atom is 0.307 e. The Morgan fingerprint density at radius 2 is 2.20 bits per heavy atom. The molecule has 3 aromatic rings. The lowest BCUT2D eigenvalue weighted by Crippen LogP contribution is -2.07. The molecule has 2 N–H and O–H groups in total. The van der Waals surface area contributed by atoms with Crippen LogP contribution in [0.25, 0.3) is 0 Å². The molecule has 3 rings (SSSR count). The van der Waals surface area contributed by atoms with Crippen molar-refractivity contribution < 1.29 is 9.66 Å². The Hall–Kier alpha value is -3.69. The maximum atomic E-state index is 10.7. The summed E-state index contributed by atoms with van der Waals surface area (Å²) in [6, 6.07) is 7.25. The molecule has 0 aliphatic rings. The van der Waals surface area contributed by atoms with Crippen molar-refractivity contribution in [2.75, 3.05) is 5.73 Å². The SMILES string of the molecule is Cc1cn(N=Cc2ccccc2OCn2cc([N+](=O)[O-])cn2)c(N)n1. The van der Waals surface area contributed by atoms with E-state index in [9.17, 15) is 10.1 Å². The molecular formula is C15H15N7O3. The molecule has 0 spiro atoms. The fourth-order valence-corrected chi connectivity index (χ4v) is 2.09. The summed E-state index contributed by atoms with van der Waals surface area (Å²) in [6.07, 6.45) is 5.77. The van der Waals surface area contributed by atoms with Gasteiger partial charge in [0.05, 0.1) is 23.0 Å². The van der Waals surface area contributed by atoms with E-state index in [0.717, 1.165) is 11.3 Å². The van der Waals surface area contributed by atoms with Gasteiger partial charge < -0.3 is 10.5 Å². The van der Waals surface area contributed by atoms with Gasteiger partial charge in [0.15, 0.2) is 6.73 Å². The van der Waals surface area contributed by atoms with Crippen molar-refractivity contribution in [1.29, 1.82) is 0 Å². The highest BCUT2D eigenvalue weighted by Crippen LogP contribution is 2.17. The fourth-order valence-electron chi connectivity index (χ4n) is 2.09. The average Bonchev–Trinajstić information content (AvgIpc) is 3.18. The van der Waals surface area contributed by atoms with Gasteiger partial charge in [-0.1, -0.05) is 12.1 Å². The number of imidazole rings is 1. The summed E-state index contributed by atoms with van der Waals surface area (Å²) in [5.74, 6) is 0.843. The molecule has 0 amide bonds. The minimum absolute atomic E-state index is 0.0328. The van der Waals surface area contributed by atoms with Crippen LogP contribution < -0.4 is 10.5 Å². The average molecular weight is 341 g/mol. The predicted octanol–water partition coefficient (Wildman–Crippen LogP) is 1.80. The molecular weight excluding hydrogens is 326 g/mol. The quantitative estimate of drug-likeness (QED) is 0.414. The summed E-state index contributed by atoms with van der Waals surface area (Å²) >= 11 is 0. The van der Waals surface area contributed by atoms with Crippen molar-refractivity contribution in [2.24, 2.45) is 5.10 Å². The van der Waals surface area contributed by atoms with E-state index in [1.54, 1.807) is 18.5 Å². The molecule has 0 unspecified atom stereocenters. The van der Waals surface area contributed by atoms with Gasteiger partial charge in [-0.2, -0.15) is 10.2 Å². The number of rotatable bonds is 6. The van der Waals surface area contributed by atoms with Crippen molar-refractivity contribution >= 4 is 17.9 Å². The van der Waals surface area contributed by atoms with Crippen LogP contribution in [-0.2, 0) is 6.73 Å². The summed E-state index contributed by atoms with van der Waals surface area (Å²) in [5.41, 5.74) is 7.13. The minimum Gasteiger partial charge on any atom is -0.471 e. The highest BCUT2D eigenvalue weighted by atomic mass is 16.6. The topological polar surface area (TPSA) is 126 Å². The normalized spacial score (nSPS) is 11.1. The van der Waals surface area contributed by atoms with Gasteiger partial charge in [-0.3, -0.25) is 10.1 Å². The number of benzene rings is 1. The molecule has 128 valence electrons. The summed E-state index contributed by atoms with van der Waals surface area (Å²) in [6.45, 7) is 1.85. The molecule has 0 aliphatic carbocycles. The Morgan fingerprint density at radius 1 is 1.40 bits per heavy atom. The van der Waals surface area contributed by atoms with Gasteiger partial charge in [0.25, 0.3) is 0 Å². The number of nitro groups is 1. The molecule has 2 aromatic heterocycles. The van der Waals surface area contributed by atoms with Gasteiger partial charge in [-0.15, -0.1) is 0 Å². The van der Waals surface area contributed by atoms with Crippen LogP contribution in [-0.4, -0.2) is 30.6 Å².